The first-order chi connectivity index (χ1) is 14.4. The van der Waals surface area contributed by atoms with Crippen molar-refractivity contribution >= 4 is 23.7 Å². The number of hydrogen-bond donors (Lipinski definition) is 3. The summed E-state index contributed by atoms with van der Waals surface area (Å²) in [5, 5.41) is 24.8. The zero-order chi connectivity index (χ0) is 21.9. The van der Waals surface area contributed by atoms with Gasteiger partial charge < -0.3 is 20.5 Å². The number of nitro groups is 1. The average molecular weight is 415 g/mol. The molecule has 2 rings (SSSR count). The van der Waals surface area contributed by atoms with Crippen molar-refractivity contribution in [2.45, 2.75) is 25.5 Å². The van der Waals surface area contributed by atoms with Crippen molar-refractivity contribution in [2.24, 2.45) is 0 Å². The van der Waals surface area contributed by atoms with E-state index in [-0.39, 0.29) is 37.2 Å². The Morgan fingerprint density at radius 3 is 2.33 bits per heavy atom. The first-order valence-corrected chi connectivity index (χ1v) is 9.09. The van der Waals surface area contributed by atoms with Gasteiger partial charge in [0, 0.05) is 24.2 Å². The van der Waals surface area contributed by atoms with E-state index in [0.717, 1.165) is 17.7 Å². The number of rotatable bonds is 10. The fourth-order valence-electron chi connectivity index (χ4n) is 2.50. The first-order valence-electron chi connectivity index (χ1n) is 9.09. The summed E-state index contributed by atoms with van der Waals surface area (Å²) < 4.78 is 5.05. The van der Waals surface area contributed by atoms with Gasteiger partial charge >= 0.3 is 12.1 Å². The van der Waals surface area contributed by atoms with Crippen molar-refractivity contribution in [3.63, 3.8) is 0 Å². The Labute approximate surface area is 172 Å². The molecule has 0 heterocycles. The van der Waals surface area contributed by atoms with Crippen LogP contribution in [0, 0.1) is 10.1 Å². The van der Waals surface area contributed by atoms with E-state index >= 15 is 0 Å². The number of nitrogens with zero attached hydrogens (tertiary/aromatic N) is 1. The zero-order valence-electron chi connectivity index (χ0n) is 15.9. The molecule has 1 atom stereocenters. The van der Waals surface area contributed by atoms with Crippen LogP contribution in [0.2, 0.25) is 0 Å². The molecule has 0 fully saturated rings. The Morgan fingerprint density at radius 1 is 1.07 bits per heavy atom. The second kappa shape index (κ2) is 11.1. The smallest absolute Gasteiger partial charge is 0.407 e. The third kappa shape index (κ3) is 7.23. The number of nitrogens with one attached hydrogen (secondary N) is 2. The number of non-ortho nitro benzene ring substituents is 1. The summed E-state index contributed by atoms with van der Waals surface area (Å²) in [6.45, 7) is 0.292. The van der Waals surface area contributed by atoms with Crippen LogP contribution in [0.4, 0.5) is 10.5 Å². The van der Waals surface area contributed by atoms with Crippen molar-refractivity contribution in [3.05, 3.63) is 75.8 Å². The van der Waals surface area contributed by atoms with E-state index in [0.29, 0.717) is 0 Å². The summed E-state index contributed by atoms with van der Waals surface area (Å²) in [7, 11) is 0. The zero-order valence-corrected chi connectivity index (χ0v) is 15.9. The standard InChI is InChI=1S/C20H21N3O7/c24-18(15-8-10-16(11-9-15)23(28)29)22-17(19(25)26)7-4-12-21-20(27)30-13-14-5-2-1-3-6-14/h1-3,5-6,8-11,17H,4,7,12-13H2,(H,21,27)(H,22,24)(H,25,26)/t17-/m0/s1. The monoisotopic (exact) mass is 415 g/mol. The molecule has 0 aliphatic carbocycles. The Bertz CT molecular complexity index is 885. The first kappa shape index (κ1) is 22.3. The molecule has 0 aliphatic rings. The van der Waals surface area contributed by atoms with Crippen LogP contribution in [0.25, 0.3) is 0 Å². The van der Waals surface area contributed by atoms with Crippen LogP contribution in [0.3, 0.4) is 0 Å². The number of aliphatic carboxylic acids is 1. The van der Waals surface area contributed by atoms with Gasteiger partial charge in [0.2, 0.25) is 0 Å². The molecule has 0 saturated heterocycles. The van der Waals surface area contributed by atoms with Crippen LogP contribution in [-0.4, -0.2) is 40.6 Å². The molecule has 10 heteroatoms. The quantitative estimate of drug-likeness (QED) is 0.307. The molecule has 0 aromatic heterocycles. The predicted octanol–water partition coefficient (Wildman–Crippen LogP) is 2.48. The lowest BCUT2D eigenvalue weighted by Gasteiger charge is -2.15. The Balaban J connectivity index is 1.74. The number of alkyl carbamates (subject to hydrolysis) is 1. The molecule has 0 radical (unpaired) electrons. The molecule has 2 amide bonds. The number of carboxylic acid groups (broad SMARTS) is 1. The molecule has 0 bridgehead atoms. The van der Waals surface area contributed by atoms with Gasteiger partial charge in [0.15, 0.2) is 0 Å². The van der Waals surface area contributed by atoms with E-state index < -0.39 is 28.9 Å². The van der Waals surface area contributed by atoms with E-state index in [2.05, 4.69) is 10.6 Å². The van der Waals surface area contributed by atoms with E-state index in [4.69, 9.17) is 4.74 Å². The molecule has 0 aliphatic heterocycles. The summed E-state index contributed by atoms with van der Waals surface area (Å²) in [4.78, 5) is 45.3. The summed E-state index contributed by atoms with van der Waals surface area (Å²) >= 11 is 0. The summed E-state index contributed by atoms with van der Waals surface area (Å²) in [5.74, 6) is -1.88. The van der Waals surface area contributed by atoms with Gasteiger partial charge in [0.25, 0.3) is 11.6 Å². The number of nitro benzene ring substituents is 1. The van der Waals surface area contributed by atoms with Gasteiger partial charge in [-0.1, -0.05) is 30.3 Å². The summed E-state index contributed by atoms with van der Waals surface area (Å²) in [5.41, 5.74) is 0.772. The molecule has 0 saturated carbocycles. The molecule has 0 spiro atoms. The molecular formula is C20H21N3O7. The predicted molar refractivity (Wildman–Crippen MR) is 106 cm³/mol. The van der Waals surface area contributed by atoms with Crippen molar-refractivity contribution in [3.8, 4) is 0 Å². The summed E-state index contributed by atoms with van der Waals surface area (Å²) in [6.07, 6.45) is -0.258. The lowest BCUT2D eigenvalue weighted by Crippen LogP contribution is -2.41. The maximum atomic E-state index is 12.2. The third-order valence-corrected chi connectivity index (χ3v) is 4.10. The third-order valence-electron chi connectivity index (χ3n) is 4.10. The van der Waals surface area contributed by atoms with Gasteiger partial charge in [-0.25, -0.2) is 9.59 Å². The molecule has 3 N–H and O–H groups in total. The van der Waals surface area contributed by atoms with Crippen molar-refractivity contribution in [1.29, 1.82) is 0 Å². The van der Waals surface area contributed by atoms with E-state index in [1.807, 2.05) is 30.3 Å². The van der Waals surface area contributed by atoms with Gasteiger partial charge in [-0.05, 0) is 30.5 Å². The second-order valence-corrected chi connectivity index (χ2v) is 6.30. The molecule has 2 aromatic rings. The van der Waals surface area contributed by atoms with Crippen molar-refractivity contribution in [2.75, 3.05) is 6.54 Å². The van der Waals surface area contributed by atoms with E-state index in [1.54, 1.807) is 0 Å². The lowest BCUT2D eigenvalue weighted by atomic mass is 10.1. The SMILES string of the molecule is O=C(NCCC[C@H](NC(=O)c1ccc([N+](=O)[O-])cc1)C(=O)O)OCc1ccccc1. The minimum atomic E-state index is -1.23. The average Bonchev–Trinajstić information content (AvgIpc) is 2.74. The van der Waals surface area contributed by atoms with Gasteiger partial charge in [-0.3, -0.25) is 14.9 Å². The van der Waals surface area contributed by atoms with E-state index in [9.17, 15) is 29.6 Å². The fraction of sp³-hybridized carbons (Fsp3) is 0.250. The van der Waals surface area contributed by atoms with Gasteiger partial charge in [0.05, 0.1) is 4.92 Å². The highest BCUT2D eigenvalue weighted by Crippen LogP contribution is 2.12. The maximum absolute atomic E-state index is 12.2. The molecule has 2 aromatic carbocycles. The molecule has 10 nitrogen and oxygen atoms in total. The van der Waals surface area contributed by atoms with Crippen LogP contribution < -0.4 is 10.6 Å². The fourth-order valence-corrected chi connectivity index (χ4v) is 2.50. The lowest BCUT2D eigenvalue weighted by molar-refractivity contribution is -0.384. The Hall–Kier alpha value is -3.95. The highest BCUT2D eigenvalue weighted by molar-refractivity contribution is 5.96. The largest absolute Gasteiger partial charge is 0.480 e. The van der Waals surface area contributed by atoms with Crippen molar-refractivity contribution < 1.29 is 29.2 Å². The minimum Gasteiger partial charge on any atom is -0.480 e. The van der Waals surface area contributed by atoms with Gasteiger partial charge in [0.1, 0.15) is 12.6 Å². The van der Waals surface area contributed by atoms with E-state index in [1.165, 1.54) is 12.1 Å². The van der Waals surface area contributed by atoms with Gasteiger partial charge in [-0.15, -0.1) is 0 Å². The number of carbonyl (C=O) groups is 3. The number of carbonyl (C=O) groups excluding carboxylic acids is 2. The van der Waals surface area contributed by atoms with Crippen LogP contribution in [0.5, 0.6) is 0 Å². The van der Waals surface area contributed by atoms with Crippen LogP contribution >= 0.6 is 0 Å². The van der Waals surface area contributed by atoms with Crippen LogP contribution in [0.15, 0.2) is 54.6 Å². The number of carboxylic acids is 1. The topological polar surface area (TPSA) is 148 Å². The molecular weight excluding hydrogens is 394 g/mol. The molecule has 30 heavy (non-hydrogen) atoms. The number of ether oxygens (including phenoxy) is 1. The molecule has 0 unspecified atom stereocenters. The number of amides is 2. The number of hydrogen-bond acceptors (Lipinski definition) is 6. The highest BCUT2D eigenvalue weighted by Gasteiger charge is 2.21. The number of benzene rings is 2. The normalized spacial score (nSPS) is 11.2. The van der Waals surface area contributed by atoms with Crippen LogP contribution in [-0.2, 0) is 16.1 Å². The molecule has 158 valence electrons. The Morgan fingerprint density at radius 2 is 1.73 bits per heavy atom. The second-order valence-electron chi connectivity index (χ2n) is 6.30. The highest BCUT2D eigenvalue weighted by atomic mass is 16.6. The van der Waals surface area contributed by atoms with Crippen molar-refractivity contribution in [1.82, 2.24) is 10.6 Å². The van der Waals surface area contributed by atoms with Crippen LogP contribution in [0.1, 0.15) is 28.8 Å². The maximum Gasteiger partial charge on any atom is 0.407 e. The summed E-state index contributed by atoms with van der Waals surface area (Å²) in [6, 6.07) is 12.8. The minimum absolute atomic E-state index is 0.0764. The Kier molecular flexibility index (Phi) is 8.30. The van der Waals surface area contributed by atoms with Gasteiger partial charge in [-0.2, -0.15) is 0 Å².